The summed E-state index contributed by atoms with van der Waals surface area (Å²) in [5.74, 6) is -8.30. The van der Waals surface area contributed by atoms with Crippen LogP contribution in [-0.4, -0.2) is 56.4 Å². The molecular weight excluding hydrogens is 518 g/mol. The third kappa shape index (κ3) is 2.67. The van der Waals surface area contributed by atoms with Gasteiger partial charge in [0, 0.05) is 34.4 Å². The lowest BCUT2D eigenvalue weighted by molar-refractivity contribution is -0.124. The zero-order valence-corrected chi connectivity index (χ0v) is 22.5. The number of ether oxygens (including phenoxy) is 1. The molecule has 0 saturated heterocycles. The van der Waals surface area contributed by atoms with Crippen molar-refractivity contribution in [1.82, 2.24) is 0 Å². The maximum Gasteiger partial charge on any atom is 0.255 e. The Balaban J connectivity index is 1.77. The van der Waals surface area contributed by atoms with Crippen molar-refractivity contribution in [1.29, 1.82) is 0 Å². The molecule has 0 fully saturated rings. The van der Waals surface area contributed by atoms with Gasteiger partial charge in [0.25, 0.3) is 5.91 Å². The minimum Gasteiger partial charge on any atom is -0.508 e. The fourth-order valence-electron chi connectivity index (χ4n) is 7.89. The van der Waals surface area contributed by atoms with Crippen LogP contribution in [0.1, 0.15) is 71.9 Å². The third-order valence-electron chi connectivity index (χ3n) is 9.89. The molecule has 1 spiro atoms. The molecule has 0 aliphatic heterocycles. The van der Waals surface area contributed by atoms with Crippen LogP contribution in [0.5, 0.6) is 17.2 Å². The van der Waals surface area contributed by atoms with E-state index in [1.807, 2.05) is 6.92 Å². The number of Topliss-reactive ketones (excluding diaryl/α,β-unsaturated/α-hetero) is 3. The number of carbonyl (C=O) groups is 4. The fourth-order valence-corrected chi connectivity index (χ4v) is 7.89. The normalized spacial score (nSPS) is 28.6. The predicted octanol–water partition coefficient (Wildman–Crippen LogP) is 2.82. The van der Waals surface area contributed by atoms with Gasteiger partial charge in [0.05, 0.1) is 24.0 Å². The van der Waals surface area contributed by atoms with Gasteiger partial charge in [-0.15, -0.1) is 0 Å². The number of hydrogen-bond acceptors (Lipinski definition) is 9. The van der Waals surface area contributed by atoms with E-state index in [4.69, 9.17) is 10.5 Å². The summed E-state index contributed by atoms with van der Waals surface area (Å²) < 4.78 is 5.74. The molecule has 10 nitrogen and oxygen atoms in total. The van der Waals surface area contributed by atoms with Gasteiger partial charge < -0.3 is 30.9 Å². The second kappa shape index (κ2) is 7.72. The number of nitrogens with two attached hydrogens (primary N) is 1. The van der Waals surface area contributed by atoms with Crippen molar-refractivity contribution in [2.24, 2.45) is 17.1 Å². The number of fused-ring (bicyclic) bond motifs is 4. The number of hydrogen-bond donors (Lipinski definition) is 5. The molecule has 4 aliphatic rings. The molecule has 1 amide bonds. The Hall–Kier alpha value is -4.18. The number of aliphatic hydroxyl groups is 2. The SMILES string of the molecule is COc1cc(O)c2c(O)c3c(c4c2c1[C@@]1(C4)C(C)=CCCC1(C)C)C(=O)[C@@H]1CC(=O)C(C(N)=O)=C(O)[C@]1(O)C3=O. The quantitative estimate of drug-likeness (QED) is 0.279. The topological polar surface area (TPSA) is 184 Å². The number of benzene rings is 2. The standard InChI is InChI=1S/C30H29NO9/c1-11-6-5-7-28(2,3)29(11)10-12-17-19(15(33)9-16(40-4)22(17)29)24(35)21-18(12)23(34)13-8-14(32)20(27(31)38)25(36)30(13,39)26(21)37/h6,9,13,33,35-36,39H,5,7-8,10H2,1-4H3,(H2,31,38)/t13-,29+,30-/m0/s1. The van der Waals surface area contributed by atoms with Gasteiger partial charge >= 0.3 is 0 Å². The lowest BCUT2D eigenvalue weighted by atomic mass is 9.54. The molecule has 0 aromatic heterocycles. The lowest BCUT2D eigenvalue weighted by Gasteiger charge is -2.49. The highest BCUT2D eigenvalue weighted by Gasteiger charge is 2.63. The molecule has 4 aliphatic carbocycles. The summed E-state index contributed by atoms with van der Waals surface area (Å²) in [4.78, 5) is 52.9. The Morgan fingerprint density at radius 2 is 1.77 bits per heavy atom. The molecule has 0 saturated carbocycles. The number of allylic oxidation sites excluding steroid dienone is 2. The maximum absolute atomic E-state index is 14.2. The minimum atomic E-state index is -3.00. The van der Waals surface area contributed by atoms with Crippen LogP contribution in [0.15, 0.2) is 29.0 Å². The highest BCUT2D eigenvalue weighted by atomic mass is 16.5. The van der Waals surface area contributed by atoms with Crippen molar-refractivity contribution in [3.8, 4) is 17.2 Å². The van der Waals surface area contributed by atoms with E-state index in [0.717, 1.165) is 18.4 Å². The number of primary amides is 1. The number of amides is 1. The summed E-state index contributed by atoms with van der Waals surface area (Å²) >= 11 is 0. The van der Waals surface area contributed by atoms with Crippen molar-refractivity contribution in [2.45, 2.75) is 57.5 Å². The average Bonchev–Trinajstić information content (AvgIpc) is 3.23. The molecule has 208 valence electrons. The molecular formula is C30H29NO9. The predicted molar refractivity (Wildman–Crippen MR) is 142 cm³/mol. The van der Waals surface area contributed by atoms with Crippen LogP contribution in [0.3, 0.4) is 0 Å². The summed E-state index contributed by atoms with van der Waals surface area (Å²) in [6, 6.07) is 1.35. The second-order valence-electron chi connectivity index (χ2n) is 11.9. The Morgan fingerprint density at radius 3 is 2.38 bits per heavy atom. The number of aromatic hydroxyl groups is 2. The number of phenols is 2. The number of rotatable bonds is 2. The highest BCUT2D eigenvalue weighted by molar-refractivity contribution is 6.30. The first kappa shape index (κ1) is 26.1. The van der Waals surface area contributed by atoms with Crippen molar-refractivity contribution in [3.63, 3.8) is 0 Å². The molecule has 0 unspecified atom stereocenters. The van der Waals surface area contributed by atoms with Crippen molar-refractivity contribution >= 4 is 34.0 Å². The summed E-state index contributed by atoms with van der Waals surface area (Å²) in [5.41, 5.74) is 1.46. The zero-order chi connectivity index (χ0) is 29.3. The van der Waals surface area contributed by atoms with Crippen LogP contribution in [0, 0.1) is 11.3 Å². The first-order valence-electron chi connectivity index (χ1n) is 13.0. The van der Waals surface area contributed by atoms with E-state index in [-0.39, 0.29) is 22.8 Å². The molecule has 6 N–H and O–H groups in total. The molecule has 40 heavy (non-hydrogen) atoms. The molecule has 3 atom stereocenters. The van der Waals surface area contributed by atoms with E-state index in [1.54, 1.807) is 0 Å². The Labute approximate surface area is 228 Å². The van der Waals surface area contributed by atoms with Crippen LogP contribution in [-0.2, 0) is 21.4 Å². The van der Waals surface area contributed by atoms with Gasteiger partial charge in [-0.25, -0.2) is 0 Å². The van der Waals surface area contributed by atoms with E-state index in [9.17, 15) is 39.6 Å². The Bertz CT molecular complexity index is 1710. The summed E-state index contributed by atoms with van der Waals surface area (Å²) in [7, 11) is 1.46. The number of ketones is 3. The largest absolute Gasteiger partial charge is 0.508 e. The van der Waals surface area contributed by atoms with Gasteiger partial charge in [0.15, 0.2) is 17.2 Å². The minimum absolute atomic E-state index is 0.0933. The monoisotopic (exact) mass is 547 g/mol. The smallest absolute Gasteiger partial charge is 0.255 e. The summed E-state index contributed by atoms with van der Waals surface area (Å²) in [6.07, 6.45) is 3.21. The van der Waals surface area contributed by atoms with Gasteiger partial charge in [-0.05, 0) is 37.2 Å². The first-order valence-corrected chi connectivity index (χ1v) is 13.0. The van der Waals surface area contributed by atoms with Crippen LogP contribution in [0.4, 0.5) is 0 Å². The van der Waals surface area contributed by atoms with Crippen LogP contribution < -0.4 is 10.5 Å². The molecule has 0 bridgehead atoms. The van der Waals surface area contributed by atoms with Gasteiger partial charge in [-0.2, -0.15) is 0 Å². The number of aliphatic hydroxyl groups excluding tert-OH is 1. The summed E-state index contributed by atoms with van der Waals surface area (Å²) in [5, 5.41) is 45.3. The van der Waals surface area contributed by atoms with Gasteiger partial charge in [-0.3, -0.25) is 19.2 Å². The van der Waals surface area contributed by atoms with Gasteiger partial charge in [0.1, 0.15) is 28.6 Å². The van der Waals surface area contributed by atoms with Gasteiger partial charge in [-0.1, -0.05) is 25.5 Å². The Morgan fingerprint density at radius 1 is 1.10 bits per heavy atom. The molecule has 10 heteroatoms. The summed E-state index contributed by atoms with van der Waals surface area (Å²) in [6.45, 7) is 6.18. The van der Waals surface area contributed by atoms with Crippen LogP contribution >= 0.6 is 0 Å². The number of carbonyl (C=O) groups excluding carboxylic acids is 4. The van der Waals surface area contributed by atoms with Crippen molar-refractivity contribution in [3.05, 3.63) is 51.3 Å². The van der Waals surface area contributed by atoms with E-state index in [0.29, 0.717) is 22.3 Å². The van der Waals surface area contributed by atoms with Crippen molar-refractivity contribution < 1.29 is 44.3 Å². The third-order valence-corrected chi connectivity index (χ3v) is 9.89. The van der Waals surface area contributed by atoms with E-state index in [2.05, 4.69) is 19.9 Å². The maximum atomic E-state index is 14.2. The van der Waals surface area contributed by atoms with E-state index >= 15 is 0 Å². The zero-order valence-electron chi connectivity index (χ0n) is 22.5. The first-order chi connectivity index (χ1) is 18.7. The fraction of sp³-hybridized carbons (Fsp3) is 0.400. The second-order valence-corrected chi connectivity index (χ2v) is 11.9. The van der Waals surface area contributed by atoms with E-state index in [1.165, 1.54) is 13.2 Å². The highest BCUT2D eigenvalue weighted by Crippen LogP contribution is 2.65. The van der Waals surface area contributed by atoms with Gasteiger partial charge in [0.2, 0.25) is 5.78 Å². The molecule has 0 heterocycles. The molecule has 2 aromatic rings. The molecule has 2 aromatic carbocycles. The Kier molecular flexibility index (Phi) is 5.03. The number of phenolic OH excluding ortho intramolecular Hbond substituents is 2. The van der Waals surface area contributed by atoms with Crippen molar-refractivity contribution in [2.75, 3.05) is 7.11 Å². The average molecular weight is 548 g/mol. The van der Waals surface area contributed by atoms with Crippen LogP contribution in [0.25, 0.3) is 10.8 Å². The van der Waals surface area contributed by atoms with E-state index < -0.39 is 75.0 Å². The molecule has 0 radical (unpaired) electrons. The molecule has 6 rings (SSSR count). The van der Waals surface area contributed by atoms with Crippen LogP contribution in [0.2, 0.25) is 0 Å². The lowest BCUT2D eigenvalue weighted by Crippen LogP contribution is -2.58. The number of methoxy groups -OCH3 is 1.